The Morgan fingerprint density at radius 1 is 1.31 bits per heavy atom. The maximum Gasteiger partial charge on any atom is 0.334 e. The van der Waals surface area contributed by atoms with Crippen LogP contribution in [-0.2, 0) is 28.6 Å². The van der Waals surface area contributed by atoms with E-state index in [2.05, 4.69) is 0 Å². The van der Waals surface area contributed by atoms with Crippen LogP contribution in [-0.4, -0.2) is 47.4 Å². The second kappa shape index (κ2) is 6.42. The molecule has 4 rings (SSSR count). The summed E-state index contributed by atoms with van der Waals surface area (Å²) in [6.45, 7) is 7.49. The van der Waals surface area contributed by atoms with Crippen LogP contribution in [0.4, 0.5) is 0 Å². The number of carbonyl (C=O) groups excluding carboxylic acids is 3. The van der Waals surface area contributed by atoms with E-state index in [9.17, 15) is 19.5 Å². The zero-order chi connectivity index (χ0) is 21.2. The van der Waals surface area contributed by atoms with Gasteiger partial charge in [-0.05, 0) is 43.8 Å². The first-order valence-electron chi connectivity index (χ1n) is 10.2. The fourth-order valence-corrected chi connectivity index (χ4v) is 5.96. The third-order valence-electron chi connectivity index (χ3n) is 7.85. The molecule has 158 valence electrons. The van der Waals surface area contributed by atoms with Gasteiger partial charge in [0.05, 0.1) is 5.60 Å². The zero-order valence-electron chi connectivity index (χ0n) is 17.3. The average molecular weight is 404 g/mol. The second-order valence-corrected chi connectivity index (χ2v) is 9.50. The summed E-state index contributed by atoms with van der Waals surface area (Å²) in [6.07, 6.45) is 4.37. The molecule has 1 saturated carbocycles. The number of carbonyl (C=O) groups is 3. The molecule has 0 amide bonds. The summed E-state index contributed by atoms with van der Waals surface area (Å²) >= 11 is 0. The first-order valence-corrected chi connectivity index (χ1v) is 10.2. The van der Waals surface area contributed by atoms with Gasteiger partial charge in [0.1, 0.15) is 18.8 Å². The summed E-state index contributed by atoms with van der Waals surface area (Å²) in [4.78, 5) is 35.6. The quantitative estimate of drug-likeness (QED) is 0.566. The van der Waals surface area contributed by atoms with Gasteiger partial charge < -0.3 is 19.3 Å². The lowest BCUT2D eigenvalue weighted by atomic mass is 9.44. The number of esters is 3. The van der Waals surface area contributed by atoms with Gasteiger partial charge >= 0.3 is 17.9 Å². The Bertz CT molecular complexity index is 838. The van der Waals surface area contributed by atoms with Gasteiger partial charge in [-0.15, -0.1) is 0 Å². The van der Waals surface area contributed by atoms with Gasteiger partial charge in [0, 0.05) is 35.8 Å². The summed E-state index contributed by atoms with van der Waals surface area (Å²) < 4.78 is 16.1. The van der Waals surface area contributed by atoms with Crippen LogP contribution in [0, 0.1) is 16.7 Å². The number of ether oxygens (including phenoxy) is 3. The van der Waals surface area contributed by atoms with Crippen LogP contribution in [0.5, 0.6) is 0 Å². The van der Waals surface area contributed by atoms with Gasteiger partial charge in [-0.1, -0.05) is 13.8 Å². The molecule has 0 spiro atoms. The highest BCUT2D eigenvalue weighted by Gasteiger charge is 2.69. The van der Waals surface area contributed by atoms with Crippen LogP contribution >= 0.6 is 0 Å². The number of aliphatic hydroxyl groups is 1. The van der Waals surface area contributed by atoms with Crippen molar-refractivity contribution >= 4 is 17.9 Å². The van der Waals surface area contributed by atoms with Crippen LogP contribution in [0.2, 0.25) is 0 Å². The standard InChI is InChI=1S/C22H28O7/c1-12(23)28-14-8-15-19(25)29-17-10-21(3,26)20(2,16(9-14)22(15,17)4)6-5-13-7-18(24)27-11-13/h7-8,14,16-17,26H,5-6,9-11H2,1-4H3/t14-,16-,17+,20-,21+,22-/m1/s1. The fourth-order valence-electron chi connectivity index (χ4n) is 5.96. The van der Waals surface area contributed by atoms with Gasteiger partial charge in [0.2, 0.25) is 0 Å². The highest BCUT2D eigenvalue weighted by atomic mass is 16.6. The maximum absolute atomic E-state index is 12.6. The van der Waals surface area contributed by atoms with Crippen molar-refractivity contribution in [2.24, 2.45) is 16.7 Å². The summed E-state index contributed by atoms with van der Waals surface area (Å²) in [5.74, 6) is -1.27. The van der Waals surface area contributed by atoms with Crippen molar-refractivity contribution in [2.45, 2.75) is 71.2 Å². The molecular weight excluding hydrogens is 376 g/mol. The van der Waals surface area contributed by atoms with Crippen LogP contribution in [0.1, 0.15) is 53.4 Å². The van der Waals surface area contributed by atoms with Gasteiger partial charge in [-0.2, -0.15) is 0 Å². The summed E-state index contributed by atoms with van der Waals surface area (Å²) in [5.41, 5.74) is -0.788. The third kappa shape index (κ3) is 2.93. The van der Waals surface area contributed by atoms with Crippen LogP contribution in [0.25, 0.3) is 0 Å². The predicted molar refractivity (Wildman–Crippen MR) is 101 cm³/mol. The topological polar surface area (TPSA) is 99.1 Å². The molecule has 2 fully saturated rings. The maximum atomic E-state index is 12.6. The minimum absolute atomic E-state index is 0.141. The molecule has 6 atom stereocenters. The number of cyclic esters (lactones) is 1. The Morgan fingerprint density at radius 3 is 2.66 bits per heavy atom. The highest BCUT2D eigenvalue weighted by molar-refractivity contribution is 5.93. The van der Waals surface area contributed by atoms with E-state index in [0.717, 1.165) is 5.57 Å². The van der Waals surface area contributed by atoms with Gasteiger partial charge in [0.15, 0.2) is 0 Å². The molecule has 1 N–H and O–H groups in total. The molecule has 0 bridgehead atoms. The van der Waals surface area contributed by atoms with E-state index >= 15 is 0 Å². The normalized spacial score (nSPS) is 43.1. The molecule has 2 heterocycles. The lowest BCUT2D eigenvalue weighted by Crippen LogP contribution is -2.63. The van der Waals surface area contributed by atoms with Gasteiger partial charge in [-0.3, -0.25) is 4.79 Å². The molecule has 0 unspecified atom stereocenters. The van der Waals surface area contributed by atoms with Crippen molar-refractivity contribution < 1.29 is 33.7 Å². The lowest BCUT2D eigenvalue weighted by Gasteiger charge is -2.61. The van der Waals surface area contributed by atoms with Gasteiger partial charge in [-0.25, -0.2) is 9.59 Å². The predicted octanol–water partition coefficient (Wildman–Crippen LogP) is 2.22. The van der Waals surface area contributed by atoms with E-state index in [0.29, 0.717) is 31.3 Å². The molecule has 1 saturated heterocycles. The monoisotopic (exact) mass is 404 g/mol. The highest BCUT2D eigenvalue weighted by Crippen LogP contribution is 2.66. The molecule has 29 heavy (non-hydrogen) atoms. The van der Waals surface area contributed by atoms with Crippen LogP contribution < -0.4 is 0 Å². The van der Waals surface area contributed by atoms with Crippen molar-refractivity contribution in [3.8, 4) is 0 Å². The molecule has 0 aromatic heterocycles. The molecule has 0 aromatic rings. The number of hydrogen-bond donors (Lipinski definition) is 1. The van der Waals surface area contributed by atoms with Crippen molar-refractivity contribution in [1.29, 1.82) is 0 Å². The van der Waals surface area contributed by atoms with Gasteiger partial charge in [0.25, 0.3) is 0 Å². The minimum Gasteiger partial charge on any atom is -0.458 e. The molecule has 2 aliphatic carbocycles. The van der Waals surface area contributed by atoms with Crippen LogP contribution in [0.15, 0.2) is 23.3 Å². The molecule has 0 aromatic carbocycles. The van der Waals surface area contributed by atoms with E-state index in [1.807, 2.05) is 13.8 Å². The largest absolute Gasteiger partial charge is 0.458 e. The SMILES string of the molecule is CC(=O)O[C@@H]1C=C2C(=O)O[C@H]3C[C@](C)(O)[C@](C)(CCC4=CC(=O)OC4)[C@@H](C1)[C@@]23C. The number of rotatable bonds is 4. The summed E-state index contributed by atoms with van der Waals surface area (Å²) in [5, 5.41) is 11.5. The molecule has 7 nitrogen and oxygen atoms in total. The molecule has 7 heteroatoms. The zero-order valence-corrected chi connectivity index (χ0v) is 17.3. The Morgan fingerprint density at radius 2 is 2.03 bits per heavy atom. The molecule has 4 aliphatic rings. The van der Waals surface area contributed by atoms with E-state index in [4.69, 9.17) is 14.2 Å². The first-order chi connectivity index (χ1) is 13.5. The number of hydrogen-bond acceptors (Lipinski definition) is 7. The average Bonchev–Trinajstić information content (AvgIpc) is 3.13. The fraction of sp³-hybridized carbons (Fsp3) is 0.682. The molecule has 2 aliphatic heterocycles. The van der Waals surface area contributed by atoms with E-state index in [1.54, 1.807) is 13.0 Å². The van der Waals surface area contributed by atoms with Crippen molar-refractivity contribution in [3.05, 3.63) is 23.3 Å². The lowest BCUT2D eigenvalue weighted by molar-refractivity contribution is -0.206. The van der Waals surface area contributed by atoms with E-state index in [1.165, 1.54) is 13.0 Å². The molecule has 0 radical (unpaired) electrons. The minimum atomic E-state index is -1.10. The van der Waals surface area contributed by atoms with Crippen molar-refractivity contribution in [3.63, 3.8) is 0 Å². The van der Waals surface area contributed by atoms with Crippen LogP contribution in [0.3, 0.4) is 0 Å². The smallest absolute Gasteiger partial charge is 0.334 e. The Kier molecular flexibility index (Phi) is 4.46. The summed E-state index contributed by atoms with van der Waals surface area (Å²) in [7, 11) is 0. The Hall–Kier alpha value is -2.15. The summed E-state index contributed by atoms with van der Waals surface area (Å²) in [6, 6.07) is 0. The first kappa shape index (κ1) is 20.1. The van der Waals surface area contributed by atoms with Crippen molar-refractivity contribution in [2.75, 3.05) is 6.61 Å². The third-order valence-corrected chi connectivity index (χ3v) is 7.85. The van der Waals surface area contributed by atoms with E-state index in [-0.39, 0.29) is 18.5 Å². The second-order valence-electron chi connectivity index (χ2n) is 9.50. The Balaban J connectivity index is 1.72. The van der Waals surface area contributed by atoms with Crippen molar-refractivity contribution in [1.82, 2.24) is 0 Å². The Labute approximate surface area is 170 Å². The molecular formula is C22H28O7. The van der Waals surface area contributed by atoms with E-state index < -0.39 is 40.6 Å².